The summed E-state index contributed by atoms with van der Waals surface area (Å²) in [5.74, 6) is -1.11. The highest BCUT2D eigenvalue weighted by atomic mass is 32.2. The van der Waals surface area contributed by atoms with Crippen molar-refractivity contribution in [3.05, 3.63) is 35.4 Å². The van der Waals surface area contributed by atoms with Gasteiger partial charge in [-0.15, -0.1) is 0 Å². The van der Waals surface area contributed by atoms with Gasteiger partial charge in [-0.3, -0.25) is 4.79 Å². The van der Waals surface area contributed by atoms with Crippen LogP contribution in [-0.2, 0) is 28.0 Å². The Hall–Kier alpha value is -1.44. The molecule has 0 amide bonds. The van der Waals surface area contributed by atoms with E-state index in [0.29, 0.717) is 38.8 Å². The smallest absolute Gasteiger partial charge is 0.306 e. The molecule has 0 aromatic heterocycles. The summed E-state index contributed by atoms with van der Waals surface area (Å²) >= 11 is 0. The molecule has 1 saturated carbocycles. The van der Waals surface area contributed by atoms with E-state index >= 15 is 0 Å². The van der Waals surface area contributed by atoms with Crippen LogP contribution >= 0.6 is 0 Å². The number of carboxylic acids is 1. The molecule has 1 aromatic rings. The zero-order valence-corrected chi connectivity index (χ0v) is 13.8. The van der Waals surface area contributed by atoms with Crippen molar-refractivity contribution >= 4 is 16.2 Å². The number of carboxylic acid groups (broad SMARTS) is 1. The first-order valence-corrected chi connectivity index (χ1v) is 9.47. The minimum Gasteiger partial charge on any atom is -0.481 e. The number of rotatable bonds is 4. The van der Waals surface area contributed by atoms with Crippen molar-refractivity contribution in [2.45, 2.75) is 44.7 Å². The predicted octanol–water partition coefficient (Wildman–Crippen LogP) is 1.52. The first kappa shape index (κ1) is 16.4. The van der Waals surface area contributed by atoms with Crippen molar-refractivity contribution in [2.75, 3.05) is 6.54 Å². The highest BCUT2D eigenvalue weighted by Crippen LogP contribution is 2.26. The maximum absolute atomic E-state index is 12.6. The third kappa shape index (κ3) is 3.73. The Morgan fingerprint density at radius 1 is 1.13 bits per heavy atom. The van der Waals surface area contributed by atoms with Gasteiger partial charge in [0.2, 0.25) is 0 Å². The van der Waals surface area contributed by atoms with E-state index in [1.807, 2.05) is 24.3 Å². The second-order valence-electron chi connectivity index (χ2n) is 6.36. The molecule has 2 aliphatic rings. The lowest BCUT2D eigenvalue weighted by atomic mass is 9.87. The van der Waals surface area contributed by atoms with Crippen LogP contribution in [0.4, 0.5) is 0 Å². The predicted molar refractivity (Wildman–Crippen MR) is 86.0 cm³/mol. The van der Waals surface area contributed by atoms with Crippen LogP contribution in [0.25, 0.3) is 0 Å². The molecule has 7 heteroatoms. The summed E-state index contributed by atoms with van der Waals surface area (Å²) in [6.07, 6.45) is 2.96. The fourth-order valence-electron chi connectivity index (χ4n) is 3.42. The molecule has 2 N–H and O–H groups in total. The van der Waals surface area contributed by atoms with Gasteiger partial charge >= 0.3 is 5.97 Å². The fourth-order valence-corrected chi connectivity index (χ4v) is 4.87. The summed E-state index contributed by atoms with van der Waals surface area (Å²) in [7, 11) is -3.53. The minimum absolute atomic E-state index is 0.159. The molecule has 0 spiro atoms. The van der Waals surface area contributed by atoms with Crippen LogP contribution in [0.3, 0.4) is 0 Å². The number of nitrogens with one attached hydrogen (secondary N) is 1. The molecule has 23 heavy (non-hydrogen) atoms. The van der Waals surface area contributed by atoms with E-state index < -0.39 is 16.2 Å². The molecule has 0 saturated heterocycles. The van der Waals surface area contributed by atoms with Gasteiger partial charge in [-0.05, 0) is 43.2 Å². The number of hydrogen-bond donors (Lipinski definition) is 2. The van der Waals surface area contributed by atoms with Crippen LogP contribution in [0.5, 0.6) is 0 Å². The van der Waals surface area contributed by atoms with Crippen molar-refractivity contribution < 1.29 is 18.3 Å². The van der Waals surface area contributed by atoms with Crippen LogP contribution < -0.4 is 4.72 Å². The fraction of sp³-hybridized carbons (Fsp3) is 0.562. The van der Waals surface area contributed by atoms with Crippen molar-refractivity contribution in [3.63, 3.8) is 0 Å². The molecule has 0 bridgehead atoms. The molecule has 1 aliphatic heterocycles. The summed E-state index contributed by atoms with van der Waals surface area (Å²) in [5.41, 5.74) is 2.26. The van der Waals surface area contributed by atoms with Gasteiger partial charge in [-0.1, -0.05) is 24.3 Å². The van der Waals surface area contributed by atoms with Crippen LogP contribution in [0, 0.1) is 5.92 Å². The van der Waals surface area contributed by atoms with Crippen molar-refractivity contribution in [2.24, 2.45) is 5.92 Å². The molecule has 1 aliphatic carbocycles. The number of fused-ring (bicyclic) bond motifs is 1. The molecular weight excluding hydrogens is 316 g/mol. The topological polar surface area (TPSA) is 86.7 Å². The van der Waals surface area contributed by atoms with Crippen molar-refractivity contribution in [1.82, 2.24) is 9.03 Å². The summed E-state index contributed by atoms with van der Waals surface area (Å²) in [5, 5.41) is 9.01. The van der Waals surface area contributed by atoms with Gasteiger partial charge in [0.15, 0.2) is 0 Å². The maximum Gasteiger partial charge on any atom is 0.306 e. The second kappa shape index (κ2) is 6.59. The summed E-state index contributed by atoms with van der Waals surface area (Å²) in [6.45, 7) is 0.882. The molecule has 1 heterocycles. The quantitative estimate of drug-likeness (QED) is 0.871. The monoisotopic (exact) mass is 338 g/mol. The van der Waals surface area contributed by atoms with Crippen LogP contribution in [0.15, 0.2) is 24.3 Å². The van der Waals surface area contributed by atoms with Gasteiger partial charge in [0, 0.05) is 19.1 Å². The molecule has 0 unspecified atom stereocenters. The van der Waals surface area contributed by atoms with Crippen LogP contribution in [-0.4, -0.2) is 36.4 Å². The molecule has 0 radical (unpaired) electrons. The number of nitrogens with zero attached hydrogens (tertiary/aromatic N) is 1. The summed E-state index contributed by atoms with van der Waals surface area (Å²) < 4.78 is 29.4. The lowest BCUT2D eigenvalue weighted by Crippen LogP contribution is -2.48. The Labute approximate surface area is 136 Å². The van der Waals surface area contributed by atoms with Crippen LogP contribution in [0.2, 0.25) is 0 Å². The van der Waals surface area contributed by atoms with E-state index in [2.05, 4.69) is 4.72 Å². The average molecular weight is 338 g/mol. The third-order valence-corrected chi connectivity index (χ3v) is 6.45. The zero-order valence-electron chi connectivity index (χ0n) is 12.9. The van der Waals surface area contributed by atoms with E-state index in [9.17, 15) is 13.2 Å². The minimum atomic E-state index is -3.53. The molecule has 1 aromatic carbocycles. The van der Waals surface area contributed by atoms with E-state index in [4.69, 9.17) is 5.11 Å². The number of hydrogen-bond acceptors (Lipinski definition) is 3. The Bertz CT molecular complexity index is 681. The Kier molecular flexibility index (Phi) is 4.70. The third-order valence-electron chi connectivity index (χ3n) is 4.83. The number of aliphatic carboxylic acids is 1. The molecule has 126 valence electrons. The molecular formula is C16H22N2O4S. The average Bonchev–Trinajstić information content (AvgIpc) is 2.54. The van der Waals surface area contributed by atoms with E-state index in [0.717, 1.165) is 12.0 Å². The molecule has 6 nitrogen and oxygen atoms in total. The van der Waals surface area contributed by atoms with Crippen molar-refractivity contribution in [3.8, 4) is 0 Å². The highest BCUT2D eigenvalue weighted by molar-refractivity contribution is 7.87. The first-order chi connectivity index (χ1) is 11.0. The van der Waals surface area contributed by atoms with E-state index in [1.54, 1.807) is 0 Å². The van der Waals surface area contributed by atoms with Gasteiger partial charge in [0.25, 0.3) is 10.2 Å². The van der Waals surface area contributed by atoms with E-state index in [1.165, 1.54) is 9.87 Å². The number of carbonyl (C=O) groups is 1. The van der Waals surface area contributed by atoms with Gasteiger partial charge in [-0.2, -0.15) is 17.4 Å². The van der Waals surface area contributed by atoms with Gasteiger partial charge in [0.1, 0.15) is 0 Å². The summed E-state index contributed by atoms with van der Waals surface area (Å²) in [4.78, 5) is 11.0. The molecule has 0 atom stereocenters. The SMILES string of the molecule is O=C(O)C1CCC(NS(=O)(=O)N2CCc3ccccc3C2)CC1. The molecule has 1 fully saturated rings. The Morgan fingerprint density at radius 2 is 1.78 bits per heavy atom. The number of benzene rings is 1. The second-order valence-corrected chi connectivity index (χ2v) is 8.06. The maximum atomic E-state index is 12.6. The van der Waals surface area contributed by atoms with Gasteiger partial charge in [-0.25, -0.2) is 0 Å². The molecule has 3 rings (SSSR count). The zero-order chi connectivity index (χ0) is 16.4. The largest absolute Gasteiger partial charge is 0.481 e. The van der Waals surface area contributed by atoms with Gasteiger partial charge in [0.05, 0.1) is 5.92 Å². The lowest BCUT2D eigenvalue weighted by molar-refractivity contribution is -0.142. The van der Waals surface area contributed by atoms with E-state index in [-0.39, 0.29) is 12.0 Å². The normalized spacial score (nSPS) is 25.7. The Balaban J connectivity index is 1.61. The first-order valence-electron chi connectivity index (χ1n) is 8.03. The standard InChI is InChI=1S/C16H22N2O4S/c19-16(20)13-5-7-15(8-6-13)17-23(21,22)18-10-9-12-3-1-2-4-14(12)11-18/h1-4,13,15,17H,5-11H2,(H,19,20). The highest BCUT2D eigenvalue weighted by Gasteiger charge is 2.32. The summed E-state index contributed by atoms with van der Waals surface area (Å²) in [6, 6.07) is 7.75. The Morgan fingerprint density at radius 3 is 2.43 bits per heavy atom. The van der Waals surface area contributed by atoms with Crippen LogP contribution in [0.1, 0.15) is 36.8 Å². The van der Waals surface area contributed by atoms with Crippen molar-refractivity contribution in [1.29, 1.82) is 0 Å². The van der Waals surface area contributed by atoms with Gasteiger partial charge < -0.3 is 5.11 Å². The lowest BCUT2D eigenvalue weighted by Gasteiger charge is -2.32.